The number of rotatable bonds is 4. The van der Waals surface area contributed by atoms with Crippen LogP contribution in [0.1, 0.15) is 44.7 Å². The molecule has 0 aliphatic carbocycles. The summed E-state index contributed by atoms with van der Waals surface area (Å²) in [6.45, 7) is 8.72. The highest BCUT2D eigenvalue weighted by Crippen LogP contribution is 2.28. The average Bonchev–Trinajstić information content (AvgIpc) is 2.48. The van der Waals surface area contributed by atoms with Crippen molar-refractivity contribution in [3.8, 4) is 6.07 Å². The number of likely N-dealkylation sites (tertiary alicyclic amines) is 1. The van der Waals surface area contributed by atoms with E-state index in [0.29, 0.717) is 5.92 Å². The number of nitriles is 1. The quantitative estimate of drug-likeness (QED) is 0.925. The molecule has 1 aliphatic heterocycles. The highest BCUT2D eigenvalue weighted by Gasteiger charge is 2.26. The van der Waals surface area contributed by atoms with Gasteiger partial charge in [0.15, 0.2) is 0 Å². The second kappa shape index (κ2) is 6.60. The van der Waals surface area contributed by atoms with Crippen LogP contribution in [0, 0.1) is 17.2 Å². The van der Waals surface area contributed by atoms with Gasteiger partial charge in [-0.3, -0.25) is 4.90 Å². The summed E-state index contributed by atoms with van der Waals surface area (Å²) in [4.78, 5) is 2.41. The molecular formula is C18H26N2O. The van der Waals surface area contributed by atoms with Gasteiger partial charge in [0.1, 0.15) is 0 Å². The molecule has 1 N–H and O–H groups in total. The standard InChI is InChI=1S/C18H26N2O/c1-14(21)15-8-6-10-20(11-15)12-16-7-4-5-9-17(16)18(2,3)13-19/h4-5,7,9,14-15,21H,6,8,10-12H2,1-3H3. The van der Waals surface area contributed by atoms with E-state index in [4.69, 9.17) is 0 Å². The first-order valence-electron chi connectivity index (χ1n) is 7.84. The van der Waals surface area contributed by atoms with Crippen LogP contribution in [0.15, 0.2) is 24.3 Å². The lowest BCUT2D eigenvalue weighted by Crippen LogP contribution is -2.39. The Labute approximate surface area is 128 Å². The molecule has 1 fully saturated rings. The molecule has 0 bridgehead atoms. The maximum absolute atomic E-state index is 9.81. The fourth-order valence-electron chi connectivity index (χ4n) is 3.20. The number of hydrogen-bond donors (Lipinski definition) is 1. The Morgan fingerprint density at radius 1 is 1.43 bits per heavy atom. The van der Waals surface area contributed by atoms with Crippen molar-refractivity contribution in [1.29, 1.82) is 5.26 Å². The van der Waals surface area contributed by atoms with Gasteiger partial charge in [0.05, 0.1) is 17.6 Å². The van der Waals surface area contributed by atoms with Crippen molar-refractivity contribution in [1.82, 2.24) is 4.90 Å². The summed E-state index contributed by atoms with van der Waals surface area (Å²) in [5.41, 5.74) is 1.89. The van der Waals surface area contributed by atoms with E-state index < -0.39 is 5.41 Å². The average molecular weight is 286 g/mol. The number of benzene rings is 1. The van der Waals surface area contributed by atoms with Crippen LogP contribution in [-0.2, 0) is 12.0 Å². The SMILES string of the molecule is CC(O)C1CCCN(Cc2ccccc2C(C)(C)C#N)C1. The monoisotopic (exact) mass is 286 g/mol. The Kier molecular flexibility index (Phi) is 5.03. The molecule has 2 unspecified atom stereocenters. The molecular weight excluding hydrogens is 260 g/mol. The van der Waals surface area contributed by atoms with E-state index >= 15 is 0 Å². The van der Waals surface area contributed by atoms with Gasteiger partial charge in [-0.1, -0.05) is 24.3 Å². The second-order valence-electron chi connectivity index (χ2n) is 6.77. The van der Waals surface area contributed by atoms with Crippen molar-refractivity contribution in [2.45, 2.75) is 51.7 Å². The maximum atomic E-state index is 9.81. The summed E-state index contributed by atoms with van der Waals surface area (Å²) in [5.74, 6) is 0.370. The topological polar surface area (TPSA) is 47.3 Å². The van der Waals surface area contributed by atoms with Crippen molar-refractivity contribution >= 4 is 0 Å². The van der Waals surface area contributed by atoms with Crippen LogP contribution >= 0.6 is 0 Å². The predicted molar refractivity (Wildman–Crippen MR) is 84.8 cm³/mol. The summed E-state index contributed by atoms with van der Waals surface area (Å²) in [5, 5.41) is 19.2. The normalized spacial score (nSPS) is 21.8. The Morgan fingerprint density at radius 2 is 2.14 bits per heavy atom. The molecule has 0 amide bonds. The summed E-state index contributed by atoms with van der Waals surface area (Å²) in [6, 6.07) is 10.6. The number of aliphatic hydroxyl groups is 1. The Morgan fingerprint density at radius 3 is 2.81 bits per heavy atom. The molecule has 0 aromatic heterocycles. The van der Waals surface area contributed by atoms with E-state index in [2.05, 4.69) is 23.1 Å². The van der Waals surface area contributed by atoms with E-state index in [1.54, 1.807) is 0 Å². The van der Waals surface area contributed by atoms with Gasteiger partial charge >= 0.3 is 0 Å². The summed E-state index contributed by atoms with van der Waals surface area (Å²) in [6.07, 6.45) is 2.01. The van der Waals surface area contributed by atoms with Crippen LogP contribution in [0.5, 0.6) is 0 Å². The third kappa shape index (κ3) is 3.84. The third-order valence-corrected chi connectivity index (χ3v) is 4.59. The molecule has 0 radical (unpaired) electrons. The summed E-state index contributed by atoms with van der Waals surface area (Å²) >= 11 is 0. The highest BCUT2D eigenvalue weighted by atomic mass is 16.3. The highest BCUT2D eigenvalue weighted by molar-refractivity contribution is 5.37. The molecule has 1 heterocycles. The van der Waals surface area contributed by atoms with Crippen molar-refractivity contribution in [2.75, 3.05) is 13.1 Å². The van der Waals surface area contributed by atoms with Gasteiger partial charge in [-0.25, -0.2) is 0 Å². The molecule has 1 aromatic carbocycles. The zero-order valence-electron chi connectivity index (χ0n) is 13.3. The predicted octanol–water partition coefficient (Wildman–Crippen LogP) is 3.08. The van der Waals surface area contributed by atoms with Gasteiger partial charge in [0, 0.05) is 13.1 Å². The van der Waals surface area contributed by atoms with E-state index in [9.17, 15) is 10.4 Å². The summed E-state index contributed by atoms with van der Waals surface area (Å²) in [7, 11) is 0. The molecule has 114 valence electrons. The fourth-order valence-corrected chi connectivity index (χ4v) is 3.20. The maximum Gasteiger partial charge on any atom is 0.0769 e. The van der Waals surface area contributed by atoms with E-state index in [1.807, 2.05) is 32.9 Å². The van der Waals surface area contributed by atoms with Gasteiger partial charge in [-0.15, -0.1) is 0 Å². The molecule has 3 nitrogen and oxygen atoms in total. The van der Waals surface area contributed by atoms with Crippen molar-refractivity contribution in [3.05, 3.63) is 35.4 Å². The minimum Gasteiger partial charge on any atom is -0.393 e. The number of piperidine rings is 1. The molecule has 2 atom stereocenters. The first-order chi connectivity index (χ1) is 9.94. The summed E-state index contributed by atoms with van der Waals surface area (Å²) < 4.78 is 0. The zero-order valence-corrected chi connectivity index (χ0v) is 13.3. The van der Waals surface area contributed by atoms with Gasteiger partial charge in [0.2, 0.25) is 0 Å². The van der Waals surface area contributed by atoms with Crippen molar-refractivity contribution in [3.63, 3.8) is 0 Å². The smallest absolute Gasteiger partial charge is 0.0769 e. The first-order valence-corrected chi connectivity index (χ1v) is 7.84. The largest absolute Gasteiger partial charge is 0.393 e. The molecule has 1 saturated heterocycles. The van der Waals surface area contributed by atoms with Crippen LogP contribution in [-0.4, -0.2) is 29.2 Å². The van der Waals surface area contributed by atoms with E-state index in [-0.39, 0.29) is 6.10 Å². The third-order valence-electron chi connectivity index (χ3n) is 4.59. The van der Waals surface area contributed by atoms with Crippen molar-refractivity contribution < 1.29 is 5.11 Å². The van der Waals surface area contributed by atoms with Crippen LogP contribution in [0.2, 0.25) is 0 Å². The van der Waals surface area contributed by atoms with Crippen LogP contribution in [0.3, 0.4) is 0 Å². The van der Waals surface area contributed by atoms with Crippen molar-refractivity contribution in [2.24, 2.45) is 5.92 Å². The van der Waals surface area contributed by atoms with Gasteiger partial charge < -0.3 is 5.11 Å². The molecule has 3 heteroatoms. The second-order valence-corrected chi connectivity index (χ2v) is 6.77. The minimum atomic E-state index is -0.462. The molecule has 1 aliphatic rings. The van der Waals surface area contributed by atoms with Crippen LogP contribution < -0.4 is 0 Å². The molecule has 2 rings (SSSR count). The van der Waals surface area contributed by atoms with Gasteiger partial charge in [-0.2, -0.15) is 5.26 Å². The molecule has 0 spiro atoms. The Balaban J connectivity index is 2.15. The number of nitrogens with zero attached hydrogens (tertiary/aromatic N) is 2. The zero-order chi connectivity index (χ0) is 15.5. The molecule has 21 heavy (non-hydrogen) atoms. The lowest BCUT2D eigenvalue weighted by atomic mass is 9.83. The Bertz CT molecular complexity index is 516. The number of aliphatic hydroxyl groups excluding tert-OH is 1. The van der Waals surface area contributed by atoms with E-state index in [1.165, 1.54) is 5.56 Å². The van der Waals surface area contributed by atoms with Crippen LogP contribution in [0.25, 0.3) is 0 Å². The Hall–Kier alpha value is -1.37. The van der Waals surface area contributed by atoms with E-state index in [0.717, 1.165) is 38.0 Å². The molecule has 1 aromatic rings. The minimum absolute atomic E-state index is 0.237. The van der Waals surface area contributed by atoms with Crippen LogP contribution in [0.4, 0.5) is 0 Å². The van der Waals surface area contributed by atoms with Gasteiger partial charge in [0.25, 0.3) is 0 Å². The first kappa shape index (κ1) is 16.0. The molecule has 0 saturated carbocycles. The lowest BCUT2D eigenvalue weighted by molar-refractivity contribution is 0.0597. The lowest BCUT2D eigenvalue weighted by Gasteiger charge is -2.35. The fraction of sp³-hybridized carbons (Fsp3) is 0.611. The number of hydrogen-bond acceptors (Lipinski definition) is 3. The van der Waals surface area contributed by atoms with Gasteiger partial charge in [-0.05, 0) is 57.2 Å².